The molecule has 0 radical (unpaired) electrons. The van der Waals surface area contributed by atoms with Gasteiger partial charge in [-0.1, -0.05) is 25.0 Å². The Labute approximate surface area is 156 Å². The molecule has 1 N–H and O–H groups in total. The van der Waals surface area contributed by atoms with Crippen LogP contribution in [0, 0.1) is 0 Å². The standard InChI is InChI=1S/C21H30N4O/c1-17(2)25-16-19(14-23-25)13-22-21(26)20-9-7-18(8-10-20)15-24-11-5-3-4-6-12-24/h7-10,14,16-17H,3-6,11-13,15H2,1-2H3,(H,22,26). The van der Waals surface area contributed by atoms with Crippen molar-refractivity contribution in [3.63, 3.8) is 0 Å². The van der Waals surface area contributed by atoms with Gasteiger partial charge in [0.25, 0.3) is 5.91 Å². The summed E-state index contributed by atoms with van der Waals surface area (Å²) in [5.41, 5.74) is 3.01. The number of aromatic nitrogens is 2. The van der Waals surface area contributed by atoms with Crippen molar-refractivity contribution in [2.24, 2.45) is 0 Å². The number of hydrogen-bond donors (Lipinski definition) is 1. The lowest BCUT2D eigenvalue weighted by Gasteiger charge is -2.19. The molecule has 2 aromatic rings. The van der Waals surface area contributed by atoms with Crippen LogP contribution in [0.3, 0.4) is 0 Å². The zero-order chi connectivity index (χ0) is 18.4. The predicted octanol–water partition coefficient (Wildman–Crippen LogP) is 3.77. The largest absolute Gasteiger partial charge is 0.348 e. The zero-order valence-electron chi connectivity index (χ0n) is 15.9. The average molecular weight is 354 g/mol. The number of nitrogens with zero attached hydrogens (tertiary/aromatic N) is 3. The summed E-state index contributed by atoms with van der Waals surface area (Å²) < 4.78 is 1.90. The number of benzene rings is 1. The summed E-state index contributed by atoms with van der Waals surface area (Å²) in [6, 6.07) is 8.35. The van der Waals surface area contributed by atoms with E-state index in [9.17, 15) is 4.79 Å². The van der Waals surface area contributed by atoms with E-state index in [1.165, 1.54) is 44.3 Å². The number of amides is 1. The van der Waals surface area contributed by atoms with Crippen LogP contribution in [0.25, 0.3) is 0 Å². The van der Waals surface area contributed by atoms with Crippen molar-refractivity contribution in [1.29, 1.82) is 0 Å². The van der Waals surface area contributed by atoms with Crippen LogP contribution in [-0.2, 0) is 13.1 Å². The summed E-state index contributed by atoms with van der Waals surface area (Å²) in [6.07, 6.45) is 9.10. The number of carbonyl (C=O) groups is 1. The fourth-order valence-electron chi connectivity index (χ4n) is 3.35. The van der Waals surface area contributed by atoms with Gasteiger partial charge in [0.1, 0.15) is 0 Å². The van der Waals surface area contributed by atoms with Gasteiger partial charge in [0, 0.05) is 36.5 Å². The van der Waals surface area contributed by atoms with Gasteiger partial charge in [-0.25, -0.2) is 0 Å². The molecule has 0 aliphatic carbocycles. The molecule has 2 heterocycles. The summed E-state index contributed by atoms with van der Waals surface area (Å²) in [5.74, 6) is -0.0383. The third kappa shape index (κ3) is 5.18. The Bertz CT molecular complexity index is 697. The van der Waals surface area contributed by atoms with E-state index in [0.29, 0.717) is 18.2 Å². The lowest BCUT2D eigenvalue weighted by molar-refractivity contribution is 0.0951. The van der Waals surface area contributed by atoms with Gasteiger partial charge in [-0.2, -0.15) is 5.10 Å². The first kappa shape index (κ1) is 18.6. The molecule has 1 aliphatic rings. The SMILES string of the molecule is CC(C)n1cc(CNC(=O)c2ccc(CN3CCCCCC3)cc2)cn1. The Morgan fingerprint density at radius 2 is 1.77 bits per heavy atom. The van der Waals surface area contributed by atoms with Crippen molar-refractivity contribution in [1.82, 2.24) is 20.0 Å². The fraction of sp³-hybridized carbons (Fsp3) is 0.524. The molecule has 0 atom stereocenters. The molecule has 1 aliphatic heterocycles. The summed E-state index contributed by atoms with van der Waals surface area (Å²) in [6.45, 7) is 8.03. The van der Waals surface area contributed by atoms with Gasteiger partial charge < -0.3 is 5.32 Å². The first-order valence-electron chi connectivity index (χ1n) is 9.74. The van der Waals surface area contributed by atoms with Crippen molar-refractivity contribution >= 4 is 5.91 Å². The molecule has 1 aromatic carbocycles. The second-order valence-corrected chi connectivity index (χ2v) is 7.49. The van der Waals surface area contributed by atoms with Crippen LogP contribution >= 0.6 is 0 Å². The van der Waals surface area contributed by atoms with Gasteiger partial charge in [-0.3, -0.25) is 14.4 Å². The molecule has 0 spiro atoms. The monoisotopic (exact) mass is 354 g/mol. The normalized spacial score (nSPS) is 15.8. The van der Waals surface area contributed by atoms with Gasteiger partial charge in [-0.05, 0) is 57.5 Å². The molecule has 0 saturated carbocycles. The maximum atomic E-state index is 12.4. The Morgan fingerprint density at radius 3 is 2.38 bits per heavy atom. The van der Waals surface area contributed by atoms with Crippen LogP contribution < -0.4 is 5.32 Å². The summed E-state index contributed by atoms with van der Waals surface area (Å²) in [4.78, 5) is 14.9. The first-order valence-corrected chi connectivity index (χ1v) is 9.74. The Morgan fingerprint density at radius 1 is 1.08 bits per heavy atom. The summed E-state index contributed by atoms with van der Waals surface area (Å²) in [5, 5.41) is 7.27. The van der Waals surface area contributed by atoms with Gasteiger partial charge in [0.2, 0.25) is 0 Å². The highest BCUT2D eigenvalue weighted by atomic mass is 16.1. The summed E-state index contributed by atoms with van der Waals surface area (Å²) >= 11 is 0. The van der Waals surface area contributed by atoms with Crippen LogP contribution in [0.2, 0.25) is 0 Å². The van der Waals surface area contributed by atoms with Crippen molar-refractivity contribution in [2.45, 2.75) is 58.7 Å². The van der Waals surface area contributed by atoms with E-state index in [1.54, 1.807) is 0 Å². The molecule has 140 valence electrons. The number of carbonyl (C=O) groups excluding carboxylic acids is 1. The van der Waals surface area contributed by atoms with E-state index in [4.69, 9.17) is 0 Å². The molecule has 1 fully saturated rings. The Hall–Kier alpha value is -2.14. The number of nitrogens with one attached hydrogen (secondary N) is 1. The fourth-order valence-corrected chi connectivity index (χ4v) is 3.35. The first-order chi connectivity index (χ1) is 12.6. The van der Waals surface area contributed by atoms with Gasteiger partial charge in [-0.15, -0.1) is 0 Å². The van der Waals surface area contributed by atoms with Gasteiger partial charge >= 0.3 is 0 Å². The van der Waals surface area contributed by atoms with Crippen LogP contribution in [0.1, 0.15) is 67.1 Å². The third-order valence-corrected chi connectivity index (χ3v) is 4.96. The van der Waals surface area contributed by atoms with Crippen molar-refractivity contribution in [2.75, 3.05) is 13.1 Å². The molecule has 1 aromatic heterocycles. The van der Waals surface area contributed by atoms with E-state index in [2.05, 4.69) is 41.3 Å². The van der Waals surface area contributed by atoms with E-state index in [-0.39, 0.29) is 5.91 Å². The lowest BCUT2D eigenvalue weighted by atomic mass is 10.1. The van der Waals surface area contributed by atoms with Gasteiger partial charge in [0.05, 0.1) is 6.20 Å². The topological polar surface area (TPSA) is 50.2 Å². The van der Waals surface area contributed by atoms with Crippen LogP contribution in [0.15, 0.2) is 36.7 Å². The number of likely N-dealkylation sites (tertiary alicyclic amines) is 1. The number of hydrogen-bond acceptors (Lipinski definition) is 3. The molecule has 0 unspecified atom stereocenters. The van der Waals surface area contributed by atoms with Crippen molar-refractivity contribution < 1.29 is 4.79 Å². The van der Waals surface area contributed by atoms with E-state index >= 15 is 0 Å². The summed E-state index contributed by atoms with van der Waals surface area (Å²) in [7, 11) is 0. The molecule has 5 heteroatoms. The number of rotatable bonds is 6. The smallest absolute Gasteiger partial charge is 0.251 e. The Kier molecular flexibility index (Phi) is 6.45. The molecule has 5 nitrogen and oxygen atoms in total. The van der Waals surface area contributed by atoms with Crippen LogP contribution in [0.4, 0.5) is 0 Å². The highest BCUT2D eigenvalue weighted by molar-refractivity contribution is 5.94. The highest BCUT2D eigenvalue weighted by Crippen LogP contribution is 2.14. The molecule has 0 bridgehead atoms. The van der Waals surface area contributed by atoms with Crippen molar-refractivity contribution in [3.05, 3.63) is 53.3 Å². The minimum Gasteiger partial charge on any atom is -0.348 e. The van der Waals surface area contributed by atoms with E-state index in [1.807, 2.05) is 29.2 Å². The van der Waals surface area contributed by atoms with E-state index in [0.717, 1.165) is 12.1 Å². The van der Waals surface area contributed by atoms with E-state index < -0.39 is 0 Å². The zero-order valence-corrected chi connectivity index (χ0v) is 15.9. The highest BCUT2D eigenvalue weighted by Gasteiger charge is 2.11. The predicted molar refractivity (Wildman–Crippen MR) is 104 cm³/mol. The molecular weight excluding hydrogens is 324 g/mol. The maximum absolute atomic E-state index is 12.4. The quantitative estimate of drug-likeness (QED) is 0.859. The second kappa shape index (κ2) is 8.99. The molecule has 1 saturated heterocycles. The molecule has 1 amide bonds. The minimum absolute atomic E-state index is 0.0383. The minimum atomic E-state index is -0.0383. The molecular formula is C21H30N4O. The average Bonchev–Trinajstić information content (AvgIpc) is 2.98. The maximum Gasteiger partial charge on any atom is 0.251 e. The van der Waals surface area contributed by atoms with Crippen LogP contribution in [0.5, 0.6) is 0 Å². The van der Waals surface area contributed by atoms with Crippen molar-refractivity contribution in [3.8, 4) is 0 Å². The second-order valence-electron chi connectivity index (χ2n) is 7.49. The van der Waals surface area contributed by atoms with Crippen LogP contribution in [-0.4, -0.2) is 33.7 Å². The molecule has 3 rings (SSSR count). The van der Waals surface area contributed by atoms with Gasteiger partial charge in [0.15, 0.2) is 0 Å². The third-order valence-electron chi connectivity index (χ3n) is 4.96. The molecule has 26 heavy (non-hydrogen) atoms. The Balaban J connectivity index is 1.51. The lowest BCUT2D eigenvalue weighted by Crippen LogP contribution is -2.24.